The molecular weight excluding hydrogens is 288 g/mol. The summed E-state index contributed by atoms with van der Waals surface area (Å²) in [4.78, 5) is 16.5. The first-order valence-electron chi connectivity index (χ1n) is 6.93. The van der Waals surface area contributed by atoms with Crippen molar-refractivity contribution in [3.8, 4) is 0 Å². The van der Waals surface area contributed by atoms with Crippen molar-refractivity contribution in [1.29, 1.82) is 0 Å². The summed E-state index contributed by atoms with van der Waals surface area (Å²) in [5, 5.41) is 2.85. The summed E-state index contributed by atoms with van der Waals surface area (Å²) < 4.78 is 28.4. The lowest BCUT2D eigenvalue weighted by Crippen LogP contribution is -2.38. The van der Waals surface area contributed by atoms with Gasteiger partial charge in [0.05, 0.1) is 0 Å². The standard InChI is InChI=1S/C16H19F2N3O/c1-16(2,3)15(22)20-13(14-19-7-8-21(14)4)10-5-6-11(17)12(18)9-10/h5-9,13H,1-4H3,(H,20,22). The van der Waals surface area contributed by atoms with Gasteiger partial charge in [0.1, 0.15) is 11.9 Å². The molecular formula is C16H19F2N3O. The molecule has 0 aliphatic rings. The van der Waals surface area contributed by atoms with Crippen molar-refractivity contribution in [1.82, 2.24) is 14.9 Å². The Hall–Kier alpha value is -2.24. The summed E-state index contributed by atoms with van der Waals surface area (Å²) in [5.74, 6) is -1.54. The van der Waals surface area contributed by atoms with E-state index in [4.69, 9.17) is 0 Å². The minimum atomic E-state index is -0.957. The summed E-state index contributed by atoms with van der Waals surface area (Å²) in [6, 6.07) is 2.92. The normalized spacial score (nSPS) is 13.0. The van der Waals surface area contributed by atoms with Crippen LogP contribution in [0.1, 0.15) is 38.2 Å². The quantitative estimate of drug-likeness (QED) is 0.947. The zero-order valence-electron chi connectivity index (χ0n) is 13.0. The number of benzene rings is 1. The van der Waals surface area contributed by atoms with Crippen molar-refractivity contribution in [2.75, 3.05) is 0 Å². The number of nitrogens with one attached hydrogen (secondary N) is 1. The first-order chi connectivity index (χ1) is 10.2. The topological polar surface area (TPSA) is 46.9 Å². The Bertz CT molecular complexity index is 689. The second-order valence-corrected chi connectivity index (χ2v) is 6.23. The van der Waals surface area contributed by atoms with Crippen LogP contribution in [0.5, 0.6) is 0 Å². The number of carbonyl (C=O) groups excluding carboxylic acids is 1. The van der Waals surface area contributed by atoms with E-state index in [9.17, 15) is 13.6 Å². The van der Waals surface area contributed by atoms with E-state index in [1.807, 2.05) is 0 Å². The molecule has 22 heavy (non-hydrogen) atoms. The Labute approximate surface area is 128 Å². The van der Waals surface area contributed by atoms with E-state index in [1.54, 1.807) is 44.8 Å². The Kier molecular flexibility index (Phi) is 4.30. The van der Waals surface area contributed by atoms with Crippen LogP contribution in [0, 0.1) is 17.0 Å². The van der Waals surface area contributed by atoms with Gasteiger partial charge in [0, 0.05) is 24.9 Å². The van der Waals surface area contributed by atoms with Crippen molar-refractivity contribution in [3.63, 3.8) is 0 Å². The van der Waals surface area contributed by atoms with Crippen LogP contribution in [0.3, 0.4) is 0 Å². The highest BCUT2D eigenvalue weighted by Gasteiger charge is 2.28. The van der Waals surface area contributed by atoms with Crippen LogP contribution in [-0.2, 0) is 11.8 Å². The highest BCUT2D eigenvalue weighted by Crippen LogP contribution is 2.24. The summed E-state index contributed by atoms with van der Waals surface area (Å²) >= 11 is 0. The molecule has 1 N–H and O–H groups in total. The third-order valence-electron chi connectivity index (χ3n) is 3.35. The van der Waals surface area contributed by atoms with E-state index in [0.717, 1.165) is 12.1 Å². The number of aryl methyl sites for hydroxylation is 1. The van der Waals surface area contributed by atoms with E-state index < -0.39 is 23.1 Å². The second kappa shape index (κ2) is 5.87. The van der Waals surface area contributed by atoms with Crippen molar-refractivity contribution < 1.29 is 13.6 Å². The lowest BCUT2D eigenvalue weighted by molar-refractivity contribution is -0.129. The van der Waals surface area contributed by atoms with Crippen LogP contribution >= 0.6 is 0 Å². The molecule has 0 bridgehead atoms. The molecule has 118 valence electrons. The summed E-state index contributed by atoms with van der Waals surface area (Å²) in [5.41, 5.74) is -0.173. The molecule has 2 aromatic rings. The van der Waals surface area contributed by atoms with Gasteiger partial charge >= 0.3 is 0 Å². The molecule has 0 saturated carbocycles. The summed E-state index contributed by atoms with van der Waals surface area (Å²) in [6.07, 6.45) is 3.32. The van der Waals surface area contributed by atoms with Gasteiger partial charge in [-0.25, -0.2) is 13.8 Å². The number of amides is 1. The zero-order chi connectivity index (χ0) is 16.5. The highest BCUT2D eigenvalue weighted by molar-refractivity contribution is 5.82. The molecule has 0 fully saturated rings. The third-order valence-corrected chi connectivity index (χ3v) is 3.35. The second-order valence-electron chi connectivity index (χ2n) is 6.23. The first-order valence-corrected chi connectivity index (χ1v) is 6.93. The van der Waals surface area contributed by atoms with Gasteiger partial charge in [-0.15, -0.1) is 0 Å². The molecule has 0 aliphatic heterocycles. The molecule has 0 saturated heterocycles. The third kappa shape index (κ3) is 3.32. The molecule has 1 unspecified atom stereocenters. The number of carbonyl (C=O) groups is 1. The van der Waals surface area contributed by atoms with Gasteiger partial charge in [0.15, 0.2) is 11.6 Å². The summed E-state index contributed by atoms with van der Waals surface area (Å²) in [7, 11) is 1.78. The average molecular weight is 307 g/mol. The zero-order valence-corrected chi connectivity index (χ0v) is 13.0. The van der Waals surface area contributed by atoms with Gasteiger partial charge in [-0.1, -0.05) is 26.8 Å². The van der Waals surface area contributed by atoms with Crippen molar-refractivity contribution in [2.45, 2.75) is 26.8 Å². The van der Waals surface area contributed by atoms with Crippen molar-refractivity contribution in [3.05, 3.63) is 53.6 Å². The predicted octanol–water partition coefficient (Wildman–Crippen LogP) is 2.95. The summed E-state index contributed by atoms with van der Waals surface area (Å²) in [6.45, 7) is 5.34. The molecule has 0 radical (unpaired) electrons. The number of hydrogen-bond acceptors (Lipinski definition) is 2. The smallest absolute Gasteiger partial charge is 0.226 e. The van der Waals surface area contributed by atoms with Gasteiger partial charge in [-0.05, 0) is 17.7 Å². The number of aromatic nitrogens is 2. The largest absolute Gasteiger partial charge is 0.342 e. The number of imidazole rings is 1. The Balaban J connectivity index is 2.44. The Morgan fingerprint density at radius 3 is 2.45 bits per heavy atom. The van der Waals surface area contributed by atoms with Gasteiger partial charge < -0.3 is 9.88 Å². The van der Waals surface area contributed by atoms with E-state index in [2.05, 4.69) is 10.3 Å². The molecule has 4 nitrogen and oxygen atoms in total. The molecule has 0 spiro atoms. The maximum Gasteiger partial charge on any atom is 0.226 e. The predicted molar refractivity (Wildman–Crippen MR) is 79.0 cm³/mol. The van der Waals surface area contributed by atoms with Crippen LogP contribution in [0.15, 0.2) is 30.6 Å². The lowest BCUT2D eigenvalue weighted by Gasteiger charge is -2.24. The molecule has 0 aliphatic carbocycles. The Morgan fingerprint density at radius 1 is 1.27 bits per heavy atom. The number of rotatable bonds is 3. The Morgan fingerprint density at radius 2 is 1.95 bits per heavy atom. The molecule has 6 heteroatoms. The van der Waals surface area contributed by atoms with Crippen LogP contribution in [0.2, 0.25) is 0 Å². The number of hydrogen-bond donors (Lipinski definition) is 1. The van der Waals surface area contributed by atoms with Crippen LogP contribution in [-0.4, -0.2) is 15.5 Å². The van der Waals surface area contributed by atoms with Crippen LogP contribution in [0.4, 0.5) is 8.78 Å². The highest BCUT2D eigenvalue weighted by atomic mass is 19.2. The minimum Gasteiger partial charge on any atom is -0.342 e. The fourth-order valence-corrected chi connectivity index (χ4v) is 1.99. The van der Waals surface area contributed by atoms with Crippen molar-refractivity contribution >= 4 is 5.91 Å². The molecule has 1 atom stereocenters. The van der Waals surface area contributed by atoms with Gasteiger partial charge in [-0.2, -0.15) is 0 Å². The van der Waals surface area contributed by atoms with E-state index >= 15 is 0 Å². The maximum atomic E-state index is 13.5. The van der Waals surface area contributed by atoms with E-state index in [-0.39, 0.29) is 5.91 Å². The fraction of sp³-hybridized carbons (Fsp3) is 0.375. The maximum absolute atomic E-state index is 13.5. The lowest BCUT2D eigenvalue weighted by atomic mass is 9.94. The molecule has 1 aromatic heterocycles. The minimum absolute atomic E-state index is 0.203. The molecule has 1 aromatic carbocycles. The average Bonchev–Trinajstić information content (AvgIpc) is 2.84. The number of halogens is 2. The first kappa shape index (κ1) is 16.1. The van der Waals surface area contributed by atoms with Gasteiger partial charge in [-0.3, -0.25) is 4.79 Å². The van der Waals surface area contributed by atoms with Crippen molar-refractivity contribution in [2.24, 2.45) is 12.5 Å². The van der Waals surface area contributed by atoms with E-state index in [1.165, 1.54) is 6.07 Å². The molecule has 1 heterocycles. The van der Waals surface area contributed by atoms with Crippen LogP contribution < -0.4 is 5.32 Å². The van der Waals surface area contributed by atoms with Gasteiger partial charge in [0.2, 0.25) is 5.91 Å². The number of nitrogens with zero attached hydrogens (tertiary/aromatic N) is 2. The monoisotopic (exact) mass is 307 g/mol. The molecule has 2 rings (SSSR count). The van der Waals surface area contributed by atoms with Crippen LogP contribution in [0.25, 0.3) is 0 Å². The van der Waals surface area contributed by atoms with Gasteiger partial charge in [0.25, 0.3) is 0 Å². The SMILES string of the molecule is Cn1ccnc1C(NC(=O)C(C)(C)C)c1ccc(F)c(F)c1. The fourth-order valence-electron chi connectivity index (χ4n) is 1.99. The van der Waals surface area contributed by atoms with E-state index in [0.29, 0.717) is 11.4 Å². The molecule has 1 amide bonds.